The van der Waals surface area contributed by atoms with Crippen molar-refractivity contribution in [2.24, 2.45) is 7.05 Å². The molecule has 0 saturated heterocycles. The number of aromatic nitrogens is 1. The second kappa shape index (κ2) is 6.87. The number of hydrogen-bond acceptors (Lipinski definition) is 2. The van der Waals surface area contributed by atoms with Crippen LogP contribution >= 0.6 is 0 Å². The van der Waals surface area contributed by atoms with Gasteiger partial charge in [-0.3, -0.25) is 0 Å². The summed E-state index contributed by atoms with van der Waals surface area (Å²) in [5.41, 5.74) is 5.32. The third kappa shape index (κ3) is 2.60. The van der Waals surface area contributed by atoms with Crippen molar-refractivity contribution in [1.82, 2.24) is 4.57 Å². The average Bonchev–Trinajstić information content (AvgIpc) is 3.13. The topological polar surface area (TPSA) is 38.0 Å². The number of fused-ring (bicyclic) bond motifs is 4. The Morgan fingerprint density at radius 1 is 0.781 bits per heavy atom. The molecule has 4 aromatic carbocycles. The van der Waals surface area contributed by atoms with Crippen LogP contribution in [0.5, 0.6) is 5.75 Å². The molecule has 0 amide bonds. The van der Waals surface area contributed by atoms with E-state index in [4.69, 9.17) is 4.74 Å². The van der Waals surface area contributed by atoms with Gasteiger partial charge in [-0.05, 0) is 24.3 Å². The van der Waals surface area contributed by atoms with Crippen LogP contribution in [-0.4, -0.2) is 4.57 Å². The number of nitriles is 1. The lowest BCUT2D eigenvalue weighted by atomic mass is 9.83. The van der Waals surface area contributed by atoms with Crippen LogP contribution in [0.1, 0.15) is 22.3 Å². The standard InChI is InChI=1S/C29H20N2O/c1-31-26-16-20(19-30)12-13-24(26)25-17-21-14-15-29(22-8-4-2-5-9-22,23-10-6-3-7-11-23)32-28(21)18-27(25)31/h2-18H,1H3. The molecule has 0 radical (unpaired) electrons. The molecule has 1 aliphatic heterocycles. The molecule has 1 aromatic heterocycles. The molecule has 0 spiro atoms. The van der Waals surface area contributed by atoms with Gasteiger partial charge in [0.15, 0.2) is 5.60 Å². The summed E-state index contributed by atoms with van der Waals surface area (Å²) in [6, 6.07) is 33.1. The van der Waals surface area contributed by atoms with Gasteiger partial charge in [0.05, 0.1) is 22.7 Å². The third-order valence-electron chi connectivity index (χ3n) is 6.44. The zero-order chi connectivity index (χ0) is 21.7. The van der Waals surface area contributed by atoms with Crippen LogP contribution in [-0.2, 0) is 12.6 Å². The first kappa shape index (κ1) is 18.5. The molecule has 2 heterocycles. The molecular weight excluding hydrogens is 392 g/mol. The summed E-state index contributed by atoms with van der Waals surface area (Å²) < 4.78 is 8.98. The molecule has 0 unspecified atom stereocenters. The normalized spacial score (nSPS) is 14.1. The molecular formula is C29H20N2O. The first-order valence-corrected chi connectivity index (χ1v) is 10.7. The number of aryl methyl sites for hydroxylation is 1. The molecule has 3 heteroatoms. The van der Waals surface area contributed by atoms with Crippen LogP contribution in [0.15, 0.2) is 97.1 Å². The van der Waals surface area contributed by atoms with Crippen molar-refractivity contribution >= 4 is 27.9 Å². The first-order chi connectivity index (χ1) is 15.7. The molecule has 6 rings (SSSR count). The maximum Gasteiger partial charge on any atom is 0.178 e. The Hall–Kier alpha value is -4.29. The second-order valence-corrected chi connectivity index (χ2v) is 8.21. The molecule has 0 aliphatic carbocycles. The van der Waals surface area contributed by atoms with Crippen LogP contribution < -0.4 is 4.74 Å². The van der Waals surface area contributed by atoms with Gasteiger partial charge >= 0.3 is 0 Å². The smallest absolute Gasteiger partial charge is 0.178 e. The second-order valence-electron chi connectivity index (χ2n) is 8.21. The van der Waals surface area contributed by atoms with Crippen molar-refractivity contribution in [2.75, 3.05) is 0 Å². The summed E-state index contributed by atoms with van der Waals surface area (Å²) in [4.78, 5) is 0. The number of benzene rings is 4. The summed E-state index contributed by atoms with van der Waals surface area (Å²) in [6.45, 7) is 0. The van der Waals surface area contributed by atoms with E-state index in [9.17, 15) is 5.26 Å². The van der Waals surface area contributed by atoms with Gasteiger partial charge in [-0.2, -0.15) is 5.26 Å². The fraction of sp³-hybridized carbons (Fsp3) is 0.0690. The number of rotatable bonds is 2. The van der Waals surface area contributed by atoms with Gasteiger partial charge in [0.2, 0.25) is 0 Å². The maximum atomic E-state index is 9.32. The third-order valence-corrected chi connectivity index (χ3v) is 6.44. The van der Waals surface area contributed by atoms with Gasteiger partial charge in [-0.25, -0.2) is 0 Å². The van der Waals surface area contributed by atoms with Gasteiger partial charge in [-0.1, -0.05) is 72.8 Å². The van der Waals surface area contributed by atoms with Crippen LogP contribution in [0, 0.1) is 11.3 Å². The highest BCUT2D eigenvalue weighted by Crippen LogP contribution is 2.44. The highest BCUT2D eigenvalue weighted by Gasteiger charge is 2.37. The summed E-state index contributed by atoms with van der Waals surface area (Å²) in [5.74, 6) is 0.846. The Bertz CT molecular complexity index is 1510. The van der Waals surface area contributed by atoms with Gasteiger partial charge in [0, 0.05) is 40.6 Å². The minimum absolute atomic E-state index is 0.663. The van der Waals surface area contributed by atoms with Crippen molar-refractivity contribution in [3.05, 3.63) is 119 Å². The van der Waals surface area contributed by atoms with Crippen LogP contribution in [0.4, 0.5) is 0 Å². The monoisotopic (exact) mass is 412 g/mol. The molecule has 5 aromatic rings. The van der Waals surface area contributed by atoms with Crippen molar-refractivity contribution in [2.45, 2.75) is 5.60 Å². The molecule has 152 valence electrons. The van der Waals surface area contributed by atoms with E-state index in [1.807, 2.05) is 61.6 Å². The molecule has 3 nitrogen and oxygen atoms in total. The molecule has 1 aliphatic rings. The Balaban J connectivity index is 1.59. The van der Waals surface area contributed by atoms with Gasteiger partial charge in [0.1, 0.15) is 5.75 Å². The van der Waals surface area contributed by atoms with Gasteiger partial charge in [-0.15, -0.1) is 0 Å². The summed E-state index contributed by atoms with van der Waals surface area (Å²) in [5, 5.41) is 11.6. The molecule has 32 heavy (non-hydrogen) atoms. The quantitative estimate of drug-likeness (QED) is 0.330. The Morgan fingerprint density at radius 3 is 2.09 bits per heavy atom. The predicted molar refractivity (Wildman–Crippen MR) is 128 cm³/mol. The van der Waals surface area contributed by atoms with Crippen molar-refractivity contribution in [1.29, 1.82) is 5.26 Å². The van der Waals surface area contributed by atoms with Crippen LogP contribution in [0.25, 0.3) is 27.9 Å². The Kier molecular flexibility index (Phi) is 3.96. The van der Waals surface area contributed by atoms with E-state index in [1.165, 1.54) is 0 Å². The van der Waals surface area contributed by atoms with E-state index in [1.54, 1.807) is 0 Å². The number of nitrogens with zero attached hydrogens (tertiary/aromatic N) is 2. The largest absolute Gasteiger partial charge is 0.473 e. The minimum Gasteiger partial charge on any atom is -0.473 e. The minimum atomic E-state index is -0.693. The summed E-state index contributed by atoms with van der Waals surface area (Å²) in [7, 11) is 2.04. The lowest BCUT2D eigenvalue weighted by Gasteiger charge is -2.36. The predicted octanol–water partition coefficient (Wildman–Crippen LogP) is 6.55. The van der Waals surface area contributed by atoms with E-state index in [0.717, 1.165) is 44.2 Å². The maximum absolute atomic E-state index is 9.32. The Labute approximate surface area is 186 Å². The average molecular weight is 412 g/mol. The molecule has 0 atom stereocenters. The van der Waals surface area contributed by atoms with Crippen molar-refractivity contribution in [3.8, 4) is 11.8 Å². The van der Waals surface area contributed by atoms with E-state index < -0.39 is 5.60 Å². The molecule has 0 saturated carbocycles. The molecule has 0 fully saturated rings. The van der Waals surface area contributed by atoms with Gasteiger partial charge in [0.25, 0.3) is 0 Å². The van der Waals surface area contributed by atoms with Crippen molar-refractivity contribution in [3.63, 3.8) is 0 Å². The van der Waals surface area contributed by atoms with Crippen LogP contribution in [0.2, 0.25) is 0 Å². The highest BCUT2D eigenvalue weighted by atomic mass is 16.5. The highest BCUT2D eigenvalue weighted by molar-refractivity contribution is 6.09. The van der Waals surface area contributed by atoms with Gasteiger partial charge < -0.3 is 9.30 Å². The number of ether oxygens (including phenoxy) is 1. The molecule has 0 bridgehead atoms. The number of hydrogen-bond donors (Lipinski definition) is 0. The van der Waals surface area contributed by atoms with Crippen molar-refractivity contribution < 1.29 is 4.74 Å². The van der Waals surface area contributed by atoms with E-state index in [2.05, 4.69) is 59.2 Å². The fourth-order valence-electron chi connectivity index (χ4n) is 4.80. The lowest BCUT2D eigenvalue weighted by Crippen LogP contribution is -2.34. The lowest BCUT2D eigenvalue weighted by molar-refractivity contribution is 0.161. The first-order valence-electron chi connectivity index (χ1n) is 10.7. The molecule has 0 N–H and O–H groups in total. The summed E-state index contributed by atoms with van der Waals surface area (Å²) >= 11 is 0. The van der Waals surface area contributed by atoms with E-state index in [-0.39, 0.29) is 0 Å². The summed E-state index contributed by atoms with van der Waals surface area (Å²) in [6.07, 6.45) is 4.32. The van der Waals surface area contributed by atoms with E-state index in [0.29, 0.717) is 5.56 Å². The zero-order valence-electron chi connectivity index (χ0n) is 17.6. The zero-order valence-corrected chi connectivity index (χ0v) is 17.6. The van der Waals surface area contributed by atoms with E-state index >= 15 is 0 Å². The Morgan fingerprint density at radius 2 is 1.44 bits per heavy atom. The SMILES string of the molecule is Cn1c2cc(C#N)ccc2c2cc3c(cc21)OC(c1ccccc1)(c1ccccc1)C=C3. The van der Waals surface area contributed by atoms with Crippen LogP contribution in [0.3, 0.4) is 0 Å². The fourth-order valence-corrected chi connectivity index (χ4v) is 4.80.